The number of amides is 1. The Labute approximate surface area is 147 Å². The number of halogens is 1. The average molecular weight is 375 g/mol. The number of hydrogen-bond acceptors (Lipinski definition) is 7. The second kappa shape index (κ2) is 7.61. The van der Waals surface area contributed by atoms with Gasteiger partial charge in [-0.2, -0.15) is 8.42 Å². The van der Waals surface area contributed by atoms with Gasteiger partial charge in [-0.05, 0) is 36.4 Å². The van der Waals surface area contributed by atoms with Gasteiger partial charge in [0.15, 0.2) is 0 Å². The van der Waals surface area contributed by atoms with E-state index in [9.17, 15) is 17.6 Å². The third-order valence-electron chi connectivity index (χ3n) is 3.16. The van der Waals surface area contributed by atoms with E-state index in [0.29, 0.717) is 23.5 Å². The molecule has 11 heteroatoms. The van der Waals surface area contributed by atoms with Gasteiger partial charge < -0.3 is 4.74 Å². The molecule has 2 aromatic heterocycles. The molecule has 26 heavy (non-hydrogen) atoms. The first kappa shape index (κ1) is 17.4. The Morgan fingerprint density at radius 1 is 1.19 bits per heavy atom. The van der Waals surface area contributed by atoms with Crippen molar-refractivity contribution in [2.24, 2.45) is 4.36 Å². The molecule has 0 atom stereocenters. The van der Waals surface area contributed by atoms with Crippen LogP contribution in [0.3, 0.4) is 0 Å². The van der Waals surface area contributed by atoms with Gasteiger partial charge in [0.05, 0.1) is 24.6 Å². The normalized spacial score (nSPS) is 10.3. The van der Waals surface area contributed by atoms with Gasteiger partial charge in [0, 0.05) is 5.56 Å². The largest absolute Gasteiger partial charge is 0.454 e. The molecule has 9 nitrogen and oxygen atoms in total. The van der Waals surface area contributed by atoms with Crippen LogP contribution in [-0.4, -0.2) is 34.5 Å². The van der Waals surface area contributed by atoms with Crippen molar-refractivity contribution in [3.63, 3.8) is 0 Å². The van der Waals surface area contributed by atoms with Crippen LogP contribution in [-0.2, 0) is 17.0 Å². The number of carbonyl (C=O) groups excluding carboxylic acids is 1. The fourth-order valence-electron chi connectivity index (χ4n) is 2.05. The number of pyridine rings is 1. The zero-order valence-electron chi connectivity index (χ0n) is 13.0. The molecule has 3 rings (SSSR count). The highest BCUT2D eigenvalue weighted by Gasteiger charge is 2.07. The standard InChI is InChI=1S/C15H10FN5O4S/c16-11-3-4-12(17-7-11)8-21-9-14(18-20-21)10-1-5-13(6-2-10)25-15(22)19-26(23)24/h1-7,9H,8H2. The van der Waals surface area contributed by atoms with Gasteiger partial charge >= 0.3 is 16.6 Å². The molecule has 0 saturated heterocycles. The number of nitrogens with zero attached hydrogens (tertiary/aromatic N) is 5. The van der Waals surface area contributed by atoms with E-state index in [0.717, 1.165) is 6.20 Å². The Morgan fingerprint density at radius 2 is 1.96 bits per heavy atom. The highest BCUT2D eigenvalue weighted by Crippen LogP contribution is 2.20. The summed E-state index contributed by atoms with van der Waals surface area (Å²) in [6.07, 6.45) is 1.58. The molecule has 0 aliphatic carbocycles. The molecule has 0 N–H and O–H groups in total. The predicted molar refractivity (Wildman–Crippen MR) is 86.1 cm³/mol. The summed E-state index contributed by atoms with van der Waals surface area (Å²) in [5.41, 5.74) is 1.90. The molecular weight excluding hydrogens is 365 g/mol. The Morgan fingerprint density at radius 3 is 2.62 bits per heavy atom. The maximum atomic E-state index is 12.9. The van der Waals surface area contributed by atoms with Gasteiger partial charge in [0.25, 0.3) is 0 Å². The topological polar surface area (TPSA) is 116 Å². The zero-order valence-corrected chi connectivity index (χ0v) is 13.8. The Hall–Kier alpha value is -3.47. The average Bonchev–Trinajstić information content (AvgIpc) is 3.05. The molecule has 3 aromatic rings. The number of carbonyl (C=O) groups is 1. The summed E-state index contributed by atoms with van der Waals surface area (Å²) in [4.78, 5) is 15.1. The number of ether oxygens (including phenoxy) is 1. The molecule has 0 radical (unpaired) electrons. The summed E-state index contributed by atoms with van der Waals surface area (Å²) >= 11 is 0. The van der Waals surface area contributed by atoms with E-state index < -0.39 is 22.4 Å². The molecule has 1 aromatic carbocycles. The third kappa shape index (κ3) is 4.54. The highest BCUT2D eigenvalue weighted by atomic mass is 32.2. The lowest BCUT2D eigenvalue weighted by Crippen LogP contribution is -2.02. The second-order valence-electron chi connectivity index (χ2n) is 4.97. The Kier molecular flexibility index (Phi) is 5.08. The van der Waals surface area contributed by atoms with Crippen LogP contribution in [0, 0.1) is 5.82 Å². The van der Waals surface area contributed by atoms with E-state index in [-0.39, 0.29) is 5.75 Å². The van der Waals surface area contributed by atoms with Crippen LogP contribution in [0.25, 0.3) is 11.3 Å². The van der Waals surface area contributed by atoms with Crippen molar-refractivity contribution in [2.45, 2.75) is 6.54 Å². The van der Waals surface area contributed by atoms with E-state index >= 15 is 0 Å². The minimum atomic E-state index is -2.87. The summed E-state index contributed by atoms with van der Waals surface area (Å²) < 4.78 is 42.4. The van der Waals surface area contributed by atoms with Crippen molar-refractivity contribution >= 4 is 16.6 Å². The summed E-state index contributed by atoms with van der Waals surface area (Å²) in [6, 6.07) is 9.06. The minimum absolute atomic E-state index is 0.135. The van der Waals surface area contributed by atoms with Crippen molar-refractivity contribution < 1.29 is 22.3 Å². The van der Waals surface area contributed by atoms with Gasteiger partial charge in [-0.25, -0.2) is 13.9 Å². The fraction of sp³-hybridized carbons (Fsp3) is 0.0667. The molecule has 2 heterocycles. The van der Waals surface area contributed by atoms with E-state index in [2.05, 4.69) is 19.7 Å². The molecule has 0 spiro atoms. The first-order valence-electron chi connectivity index (χ1n) is 7.13. The zero-order chi connectivity index (χ0) is 18.5. The first-order chi connectivity index (χ1) is 12.5. The maximum absolute atomic E-state index is 12.9. The van der Waals surface area contributed by atoms with Crippen LogP contribution in [0.4, 0.5) is 9.18 Å². The smallest absolute Gasteiger partial charge is 0.408 e. The van der Waals surface area contributed by atoms with Crippen LogP contribution in [0.1, 0.15) is 5.69 Å². The summed E-state index contributed by atoms with van der Waals surface area (Å²) in [5.74, 6) is -0.279. The van der Waals surface area contributed by atoms with Crippen molar-refractivity contribution in [1.29, 1.82) is 0 Å². The van der Waals surface area contributed by atoms with Crippen molar-refractivity contribution in [1.82, 2.24) is 20.0 Å². The van der Waals surface area contributed by atoms with Gasteiger partial charge in [-0.1, -0.05) is 9.58 Å². The number of hydrogen-bond donors (Lipinski definition) is 0. The van der Waals surface area contributed by atoms with Crippen LogP contribution in [0.5, 0.6) is 5.75 Å². The predicted octanol–water partition coefficient (Wildman–Crippen LogP) is 2.09. The van der Waals surface area contributed by atoms with Crippen LogP contribution >= 0.6 is 0 Å². The van der Waals surface area contributed by atoms with Gasteiger partial charge in [-0.15, -0.1) is 5.10 Å². The lowest BCUT2D eigenvalue weighted by molar-refractivity contribution is 0.212. The lowest BCUT2D eigenvalue weighted by Gasteiger charge is -2.01. The molecule has 0 aliphatic rings. The summed E-state index contributed by atoms with van der Waals surface area (Å²) in [5, 5.41) is 8.01. The maximum Gasteiger partial charge on any atom is 0.454 e. The molecule has 0 bridgehead atoms. The molecule has 0 unspecified atom stereocenters. The molecular formula is C15H10FN5O4S. The SMILES string of the molecule is O=C(N=S(=O)=O)Oc1ccc(-c2cn(Cc3ccc(F)cn3)nn2)cc1. The van der Waals surface area contributed by atoms with E-state index in [4.69, 9.17) is 4.74 Å². The van der Waals surface area contributed by atoms with E-state index in [1.165, 1.54) is 18.2 Å². The second-order valence-corrected chi connectivity index (χ2v) is 5.59. The Bertz CT molecular complexity index is 1050. The van der Waals surface area contributed by atoms with Crippen molar-refractivity contribution in [2.75, 3.05) is 0 Å². The van der Waals surface area contributed by atoms with E-state index in [1.54, 1.807) is 29.1 Å². The molecule has 0 aliphatic heterocycles. The minimum Gasteiger partial charge on any atom is -0.408 e. The number of benzene rings is 1. The molecule has 0 fully saturated rings. The van der Waals surface area contributed by atoms with Crippen LogP contribution in [0.2, 0.25) is 0 Å². The van der Waals surface area contributed by atoms with Crippen LogP contribution < -0.4 is 4.74 Å². The van der Waals surface area contributed by atoms with Gasteiger partial charge in [-0.3, -0.25) is 4.98 Å². The van der Waals surface area contributed by atoms with Crippen molar-refractivity contribution in [3.8, 4) is 17.0 Å². The summed E-state index contributed by atoms with van der Waals surface area (Å²) in [7, 11) is -2.87. The van der Waals surface area contributed by atoms with E-state index in [1.807, 2.05) is 0 Å². The number of rotatable bonds is 4. The van der Waals surface area contributed by atoms with Crippen molar-refractivity contribution in [3.05, 3.63) is 60.3 Å². The number of aromatic nitrogens is 4. The molecule has 132 valence electrons. The Balaban J connectivity index is 1.70. The quantitative estimate of drug-likeness (QED) is 0.685. The molecule has 1 amide bonds. The summed E-state index contributed by atoms with van der Waals surface area (Å²) in [6.45, 7) is 0.330. The third-order valence-corrected chi connectivity index (χ3v) is 3.45. The first-order valence-corrected chi connectivity index (χ1v) is 8.17. The van der Waals surface area contributed by atoms with Gasteiger partial charge in [0.2, 0.25) is 0 Å². The lowest BCUT2D eigenvalue weighted by atomic mass is 10.2. The highest BCUT2D eigenvalue weighted by molar-refractivity contribution is 7.62. The fourth-order valence-corrected chi connectivity index (χ4v) is 2.21. The van der Waals surface area contributed by atoms with Crippen LogP contribution in [0.15, 0.2) is 53.2 Å². The molecule has 0 saturated carbocycles. The van der Waals surface area contributed by atoms with Gasteiger partial charge in [0.1, 0.15) is 17.3 Å². The monoisotopic (exact) mass is 375 g/mol.